The van der Waals surface area contributed by atoms with E-state index in [2.05, 4.69) is 12.1 Å². The molecular formula is C15H22ClN. The van der Waals surface area contributed by atoms with Crippen LogP contribution < -0.4 is 5.73 Å². The molecule has 2 rings (SSSR count). The third-order valence-corrected chi connectivity index (χ3v) is 4.34. The minimum absolute atomic E-state index is 0.149. The van der Waals surface area contributed by atoms with E-state index in [0.29, 0.717) is 0 Å². The number of rotatable bonds is 3. The highest BCUT2D eigenvalue weighted by Crippen LogP contribution is 2.31. The second-order valence-electron chi connectivity index (χ2n) is 5.35. The average molecular weight is 252 g/mol. The highest BCUT2D eigenvalue weighted by molar-refractivity contribution is 6.31. The summed E-state index contributed by atoms with van der Waals surface area (Å²) < 4.78 is 0. The quantitative estimate of drug-likeness (QED) is 0.834. The number of hydrogen-bond acceptors (Lipinski definition) is 1. The molecule has 2 N–H and O–H groups in total. The monoisotopic (exact) mass is 251 g/mol. The first-order valence-electron chi connectivity index (χ1n) is 6.68. The zero-order chi connectivity index (χ0) is 12.3. The highest BCUT2D eigenvalue weighted by atomic mass is 35.5. The Morgan fingerprint density at radius 2 is 2.00 bits per heavy atom. The molecular weight excluding hydrogens is 230 g/mol. The van der Waals surface area contributed by atoms with Crippen LogP contribution in [0.15, 0.2) is 18.2 Å². The molecule has 0 bridgehead atoms. The number of hydrogen-bond donors (Lipinski definition) is 1. The summed E-state index contributed by atoms with van der Waals surface area (Å²) in [6.45, 7) is 2.03. The summed E-state index contributed by atoms with van der Waals surface area (Å²) in [5.74, 6) is 0.818. The summed E-state index contributed by atoms with van der Waals surface area (Å²) in [5.41, 5.74) is 8.60. The van der Waals surface area contributed by atoms with Gasteiger partial charge in [-0.25, -0.2) is 0 Å². The zero-order valence-corrected chi connectivity index (χ0v) is 11.3. The predicted molar refractivity (Wildman–Crippen MR) is 74.3 cm³/mol. The maximum absolute atomic E-state index is 6.29. The predicted octanol–water partition coefficient (Wildman–Crippen LogP) is 4.62. The Kier molecular flexibility index (Phi) is 4.47. The summed E-state index contributed by atoms with van der Waals surface area (Å²) in [6.07, 6.45) is 7.99. The highest BCUT2D eigenvalue weighted by Gasteiger charge is 2.17. The molecule has 0 aromatic heterocycles. The molecule has 1 unspecified atom stereocenters. The lowest BCUT2D eigenvalue weighted by molar-refractivity contribution is 0.319. The van der Waals surface area contributed by atoms with Gasteiger partial charge in [-0.1, -0.05) is 55.8 Å². The van der Waals surface area contributed by atoms with Gasteiger partial charge in [-0.2, -0.15) is 0 Å². The summed E-state index contributed by atoms with van der Waals surface area (Å²) in [4.78, 5) is 0. The van der Waals surface area contributed by atoms with E-state index in [4.69, 9.17) is 17.3 Å². The van der Waals surface area contributed by atoms with Gasteiger partial charge in [-0.15, -0.1) is 0 Å². The van der Waals surface area contributed by atoms with Crippen molar-refractivity contribution >= 4 is 11.6 Å². The first kappa shape index (κ1) is 12.9. The maximum Gasteiger partial charge on any atom is 0.0438 e. The van der Waals surface area contributed by atoms with E-state index in [-0.39, 0.29) is 6.04 Å². The van der Waals surface area contributed by atoms with E-state index >= 15 is 0 Å². The van der Waals surface area contributed by atoms with Crippen LogP contribution in [0.5, 0.6) is 0 Å². The van der Waals surface area contributed by atoms with E-state index in [1.165, 1.54) is 37.7 Å². The molecule has 1 nitrogen and oxygen atoms in total. The lowest BCUT2D eigenvalue weighted by Gasteiger charge is -2.24. The maximum atomic E-state index is 6.29. The fourth-order valence-electron chi connectivity index (χ4n) is 2.76. The Balaban J connectivity index is 1.98. The van der Waals surface area contributed by atoms with Gasteiger partial charge >= 0.3 is 0 Å². The van der Waals surface area contributed by atoms with E-state index in [9.17, 15) is 0 Å². The zero-order valence-electron chi connectivity index (χ0n) is 10.6. The van der Waals surface area contributed by atoms with Crippen LogP contribution in [0, 0.1) is 12.8 Å². The van der Waals surface area contributed by atoms with Gasteiger partial charge in [-0.05, 0) is 36.5 Å². The molecule has 1 aliphatic carbocycles. The first-order valence-corrected chi connectivity index (χ1v) is 7.06. The molecule has 1 fully saturated rings. The molecule has 1 atom stereocenters. The normalized spacial score (nSPS) is 19.2. The summed E-state index contributed by atoms with van der Waals surface area (Å²) in [5, 5.41) is 0.835. The van der Waals surface area contributed by atoms with E-state index in [0.717, 1.165) is 22.9 Å². The van der Waals surface area contributed by atoms with Crippen LogP contribution in [0.3, 0.4) is 0 Å². The summed E-state index contributed by atoms with van der Waals surface area (Å²) in [7, 11) is 0. The Morgan fingerprint density at radius 1 is 1.29 bits per heavy atom. The molecule has 1 aliphatic rings. The molecule has 0 amide bonds. The molecule has 1 aromatic carbocycles. The third kappa shape index (κ3) is 3.46. The van der Waals surface area contributed by atoms with Crippen molar-refractivity contribution in [1.82, 2.24) is 0 Å². The molecule has 0 saturated heterocycles. The van der Waals surface area contributed by atoms with Gasteiger partial charge in [0.2, 0.25) is 0 Å². The lowest BCUT2D eigenvalue weighted by atomic mass is 9.83. The standard InChI is InChI=1S/C15H22ClN/c1-11-7-8-13(10-14(11)16)15(17)9-12-5-3-2-4-6-12/h7-8,10,12,15H,2-6,9,17H2,1H3. The lowest BCUT2D eigenvalue weighted by Crippen LogP contribution is -2.17. The Labute approximate surface area is 109 Å². The van der Waals surface area contributed by atoms with Crippen molar-refractivity contribution < 1.29 is 0 Å². The smallest absolute Gasteiger partial charge is 0.0438 e. The SMILES string of the molecule is Cc1ccc(C(N)CC2CCCCC2)cc1Cl. The van der Waals surface area contributed by atoms with Gasteiger partial charge in [0.05, 0.1) is 0 Å². The topological polar surface area (TPSA) is 26.0 Å². The number of aryl methyl sites for hydroxylation is 1. The van der Waals surface area contributed by atoms with Gasteiger partial charge in [-0.3, -0.25) is 0 Å². The molecule has 94 valence electrons. The summed E-state index contributed by atoms with van der Waals surface area (Å²) in [6, 6.07) is 6.37. The molecule has 1 aromatic rings. The Bertz CT molecular complexity index is 369. The van der Waals surface area contributed by atoms with Crippen molar-refractivity contribution in [3.63, 3.8) is 0 Å². The Morgan fingerprint density at radius 3 is 2.65 bits per heavy atom. The van der Waals surface area contributed by atoms with Crippen LogP contribution >= 0.6 is 11.6 Å². The second kappa shape index (κ2) is 5.88. The van der Waals surface area contributed by atoms with Gasteiger partial charge in [0.25, 0.3) is 0 Å². The van der Waals surface area contributed by atoms with Crippen LogP contribution in [0.1, 0.15) is 55.7 Å². The van der Waals surface area contributed by atoms with E-state index in [1.54, 1.807) is 0 Å². The van der Waals surface area contributed by atoms with Crippen LogP contribution in [0.2, 0.25) is 5.02 Å². The van der Waals surface area contributed by atoms with Crippen molar-refractivity contribution in [3.8, 4) is 0 Å². The molecule has 17 heavy (non-hydrogen) atoms. The first-order chi connectivity index (χ1) is 8.16. The molecule has 0 radical (unpaired) electrons. The summed E-state index contributed by atoms with van der Waals surface area (Å²) >= 11 is 6.15. The number of benzene rings is 1. The largest absolute Gasteiger partial charge is 0.324 e. The average Bonchev–Trinajstić information content (AvgIpc) is 2.34. The van der Waals surface area contributed by atoms with E-state index in [1.807, 2.05) is 13.0 Å². The van der Waals surface area contributed by atoms with Crippen molar-refractivity contribution in [1.29, 1.82) is 0 Å². The van der Waals surface area contributed by atoms with Crippen LogP contribution in [-0.4, -0.2) is 0 Å². The van der Waals surface area contributed by atoms with Gasteiger partial charge < -0.3 is 5.73 Å². The van der Waals surface area contributed by atoms with Crippen molar-refractivity contribution in [2.75, 3.05) is 0 Å². The fraction of sp³-hybridized carbons (Fsp3) is 0.600. The van der Waals surface area contributed by atoms with Crippen LogP contribution in [0.25, 0.3) is 0 Å². The molecule has 1 saturated carbocycles. The van der Waals surface area contributed by atoms with Crippen molar-refractivity contribution in [2.45, 2.75) is 51.5 Å². The van der Waals surface area contributed by atoms with Crippen LogP contribution in [-0.2, 0) is 0 Å². The minimum atomic E-state index is 0.149. The number of nitrogens with two attached hydrogens (primary N) is 1. The van der Waals surface area contributed by atoms with Crippen molar-refractivity contribution in [2.24, 2.45) is 11.7 Å². The van der Waals surface area contributed by atoms with Gasteiger partial charge in [0.15, 0.2) is 0 Å². The third-order valence-electron chi connectivity index (χ3n) is 3.94. The number of halogens is 1. The molecule has 0 heterocycles. The fourth-order valence-corrected chi connectivity index (χ4v) is 2.95. The van der Waals surface area contributed by atoms with Gasteiger partial charge in [0, 0.05) is 11.1 Å². The van der Waals surface area contributed by atoms with Gasteiger partial charge in [0.1, 0.15) is 0 Å². The van der Waals surface area contributed by atoms with Crippen LogP contribution in [0.4, 0.5) is 0 Å². The molecule has 0 aliphatic heterocycles. The van der Waals surface area contributed by atoms with Crippen molar-refractivity contribution in [3.05, 3.63) is 34.3 Å². The second-order valence-corrected chi connectivity index (χ2v) is 5.76. The molecule has 2 heteroatoms. The van der Waals surface area contributed by atoms with E-state index < -0.39 is 0 Å². The minimum Gasteiger partial charge on any atom is -0.324 e. The molecule has 0 spiro atoms. The Hall–Kier alpha value is -0.530.